The third kappa shape index (κ3) is 1.89. The molecule has 0 aliphatic carbocycles. The largest absolute Gasteiger partial charge is 0.341 e. The third-order valence-corrected chi connectivity index (χ3v) is 2.65. The van der Waals surface area contributed by atoms with Crippen molar-refractivity contribution in [2.24, 2.45) is 0 Å². The molecule has 0 unspecified atom stereocenters. The van der Waals surface area contributed by atoms with Crippen LogP contribution in [0, 0.1) is 13.8 Å². The average Bonchev–Trinajstić information content (AvgIpc) is 2.67. The van der Waals surface area contributed by atoms with Crippen molar-refractivity contribution >= 4 is 6.29 Å². The zero-order valence-electron chi connectivity index (χ0n) is 9.45. The first-order chi connectivity index (χ1) is 7.72. The summed E-state index contributed by atoms with van der Waals surface area (Å²) in [5, 5.41) is 0. The highest BCUT2D eigenvalue weighted by atomic mass is 16.1. The number of rotatable bonds is 3. The van der Waals surface area contributed by atoms with E-state index in [1.165, 1.54) is 11.1 Å². The monoisotopic (exact) mass is 214 g/mol. The van der Waals surface area contributed by atoms with Crippen LogP contribution in [0.25, 0.3) is 11.4 Å². The molecular weight excluding hydrogens is 200 g/mol. The van der Waals surface area contributed by atoms with E-state index in [4.69, 9.17) is 0 Å². The van der Waals surface area contributed by atoms with Crippen LogP contribution in [-0.2, 0) is 11.2 Å². The molecule has 1 aromatic heterocycles. The van der Waals surface area contributed by atoms with E-state index in [-0.39, 0.29) is 0 Å². The quantitative estimate of drug-likeness (QED) is 0.797. The lowest BCUT2D eigenvalue weighted by molar-refractivity contribution is -0.107. The fraction of sp³-hybridized carbons (Fsp3) is 0.231. The first kappa shape index (κ1) is 10.6. The number of benzene rings is 1. The Kier molecular flexibility index (Phi) is 2.86. The second-order valence-electron chi connectivity index (χ2n) is 3.89. The molecule has 0 fully saturated rings. The average molecular weight is 214 g/mol. The fourth-order valence-corrected chi connectivity index (χ4v) is 1.87. The molecule has 0 amide bonds. The molecule has 3 nitrogen and oxygen atoms in total. The summed E-state index contributed by atoms with van der Waals surface area (Å²) in [7, 11) is 0. The van der Waals surface area contributed by atoms with Gasteiger partial charge < -0.3 is 9.78 Å². The van der Waals surface area contributed by atoms with Crippen LogP contribution in [0.2, 0.25) is 0 Å². The predicted octanol–water partition coefficient (Wildman–Crippen LogP) is 2.43. The number of aldehydes is 1. The maximum atomic E-state index is 10.4. The zero-order chi connectivity index (χ0) is 11.5. The fourth-order valence-electron chi connectivity index (χ4n) is 1.87. The maximum Gasteiger partial charge on any atom is 0.138 e. The SMILES string of the molecule is Cc1cccc(C)c1-c1ncc(CC=O)[nH]1. The van der Waals surface area contributed by atoms with Crippen molar-refractivity contribution in [2.45, 2.75) is 20.3 Å². The van der Waals surface area contributed by atoms with Gasteiger partial charge >= 0.3 is 0 Å². The molecule has 0 atom stereocenters. The number of nitrogens with zero attached hydrogens (tertiary/aromatic N) is 1. The van der Waals surface area contributed by atoms with Gasteiger partial charge in [0, 0.05) is 23.9 Å². The Morgan fingerprint density at radius 3 is 2.62 bits per heavy atom. The molecule has 2 rings (SSSR count). The van der Waals surface area contributed by atoms with Crippen LogP contribution in [0.4, 0.5) is 0 Å². The lowest BCUT2D eigenvalue weighted by Crippen LogP contribution is -1.90. The van der Waals surface area contributed by atoms with Gasteiger partial charge in [0.1, 0.15) is 12.1 Å². The number of carbonyl (C=O) groups is 1. The van der Waals surface area contributed by atoms with Gasteiger partial charge in [0.15, 0.2) is 0 Å². The molecule has 0 radical (unpaired) electrons. The van der Waals surface area contributed by atoms with Crippen LogP contribution < -0.4 is 0 Å². The Labute approximate surface area is 94.5 Å². The molecule has 1 N–H and O–H groups in total. The number of aromatic nitrogens is 2. The van der Waals surface area contributed by atoms with Gasteiger partial charge in [-0.05, 0) is 25.0 Å². The lowest BCUT2D eigenvalue weighted by Gasteiger charge is -2.06. The van der Waals surface area contributed by atoms with E-state index in [1.807, 2.05) is 6.07 Å². The van der Waals surface area contributed by atoms with Crippen LogP contribution >= 0.6 is 0 Å². The topological polar surface area (TPSA) is 45.8 Å². The van der Waals surface area contributed by atoms with Crippen molar-refractivity contribution in [1.29, 1.82) is 0 Å². The molecule has 0 aliphatic heterocycles. The summed E-state index contributed by atoms with van der Waals surface area (Å²) in [6, 6.07) is 6.15. The number of aryl methyl sites for hydroxylation is 2. The highest BCUT2D eigenvalue weighted by Gasteiger charge is 2.08. The number of imidazole rings is 1. The molecule has 0 spiro atoms. The Hall–Kier alpha value is -1.90. The smallest absolute Gasteiger partial charge is 0.138 e. The predicted molar refractivity (Wildman–Crippen MR) is 63.3 cm³/mol. The summed E-state index contributed by atoms with van der Waals surface area (Å²) in [5.74, 6) is 0.840. The van der Waals surface area contributed by atoms with E-state index in [1.54, 1.807) is 6.20 Å². The van der Waals surface area contributed by atoms with Crippen molar-refractivity contribution in [2.75, 3.05) is 0 Å². The van der Waals surface area contributed by atoms with Gasteiger partial charge in [-0.25, -0.2) is 4.98 Å². The van der Waals surface area contributed by atoms with Gasteiger partial charge in [-0.3, -0.25) is 0 Å². The van der Waals surface area contributed by atoms with E-state index in [2.05, 4.69) is 35.9 Å². The molecule has 0 aliphatic rings. The zero-order valence-corrected chi connectivity index (χ0v) is 9.45. The molecule has 1 heterocycles. The molecule has 2 aromatic rings. The second-order valence-corrected chi connectivity index (χ2v) is 3.89. The van der Waals surface area contributed by atoms with Gasteiger partial charge in [0.05, 0.1) is 0 Å². The molecule has 0 saturated carbocycles. The Balaban J connectivity index is 2.46. The minimum Gasteiger partial charge on any atom is -0.341 e. The molecule has 82 valence electrons. The normalized spacial score (nSPS) is 10.4. The summed E-state index contributed by atoms with van der Waals surface area (Å²) in [4.78, 5) is 17.9. The van der Waals surface area contributed by atoms with Crippen molar-refractivity contribution in [3.8, 4) is 11.4 Å². The van der Waals surface area contributed by atoms with Crippen LogP contribution in [0.5, 0.6) is 0 Å². The summed E-state index contributed by atoms with van der Waals surface area (Å²) >= 11 is 0. The van der Waals surface area contributed by atoms with Crippen LogP contribution in [0.1, 0.15) is 16.8 Å². The van der Waals surface area contributed by atoms with Crippen molar-refractivity contribution in [3.05, 3.63) is 41.2 Å². The highest BCUT2D eigenvalue weighted by Crippen LogP contribution is 2.24. The van der Waals surface area contributed by atoms with Gasteiger partial charge in [0.25, 0.3) is 0 Å². The van der Waals surface area contributed by atoms with Crippen molar-refractivity contribution in [3.63, 3.8) is 0 Å². The van der Waals surface area contributed by atoms with E-state index in [0.29, 0.717) is 6.42 Å². The molecule has 0 saturated heterocycles. The van der Waals surface area contributed by atoms with Gasteiger partial charge in [-0.15, -0.1) is 0 Å². The highest BCUT2D eigenvalue weighted by molar-refractivity contribution is 5.65. The number of nitrogens with one attached hydrogen (secondary N) is 1. The van der Waals surface area contributed by atoms with Gasteiger partial charge in [0.2, 0.25) is 0 Å². The minimum atomic E-state index is 0.387. The van der Waals surface area contributed by atoms with Crippen LogP contribution in [-0.4, -0.2) is 16.3 Å². The van der Waals surface area contributed by atoms with E-state index < -0.39 is 0 Å². The number of carbonyl (C=O) groups excluding carboxylic acids is 1. The Morgan fingerprint density at radius 2 is 2.00 bits per heavy atom. The maximum absolute atomic E-state index is 10.4. The summed E-state index contributed by atoms with van der Waals surface area (Å²) in [6.07, 6.45) is 2.98. The van der Waals surface area contributed by atoms with Crippen LogP contribution in [0.15, 0.2) is 24.4 Å². The Morgan fingerprint density at radius 1 is 1.31 bits per heavy atom. The number of hydrogen-bond donors (Lipinski definition) is 1. The standard InChI is InChI=1S/C13H14N2O/c1-9-4-3-5-10(2)12(9)13-14-8-11(15-13)6-7-16/h3-5,7-8H,6H2,1-2H3,(H,14,15). The van der Waals surface area contributed by atoms with Crippen molar-refractivity contribution < 1.29 is 4.79 Å². The van der Waals surface area contributed by atoms with Crippen molar-refractivity contribution in [1.82, 2.24) is 9.97 Å². The number of aromatic amines is 1. The molecule has 0 bridgehead atoms. The lowest BCUT2D eigenvalue weighted by atomic mass is 10.0. The first-order valence-electron chi connectivity index (χ1n) is 5.26. The molecular formula is C13H14N2O. The summed E-state index contributed by atoms with van der Waals surface area (Å²) in [6.45, 7) is 4.12. The van der Waals surface area contributed by atoms with E-state index in [9.17, 15) is 4.79 Å². The number of hydrogen-bond acceptors (Lipinski definition) is 2. The number of H-pyrrole nitrogens is 1. The third-order valence-electron chi connectivity index (χ3n) is 2.65. The molecule has 16 heavy (non-hydrogen) atoms. The van der Waals surface area contributed by atoms with Crippen LogP contribution in [0.3, 0.4) is 0 Å². The molecule has 1 aromatic carbocycles. The summed E-state index contributed by atoms with van der Waals surface area (Å²) in [5.41, 5.74) is 4.35. The Bertz CT molecular complexity index is 494. The van der Waals surface area contributed by atoms with Gasteiger partial charge in [-0.1, -0.05) is 18.2 Å². The van der Waals surface area contributed by atoms with E-state index in [0.717, 1.165) is 23.4 Å². The second kappa shape index (κ2) is 4.31. The first-order valence-corrected chi connectivity index (χ1v) is 5.26. The summed E-state index contributed by atoms with van der Waals surface area (Å²) < 4.78 is 0. The molecule has 3 heteroatoms. The minimum absolute atomic E-state index is 0.387. The van der Waals surface area contributed by atoms with E-state index >= 15 is 0 Å². The van der Waals surface area contributed by atoms with Gasteiger partial charge in [-0.2, -0.15) is 0 Å².